The van der Waals surface area contributed by atoms with Crippen LogP contribution in [0.5, 0.6) is 0 Å². The molecule has 0 amide bonds. The second-order valence-corrected chi connectivity index (χ2v) is 14.2. The van der Waals surface area contributed by atoms with Crippen molar-refractivity contribution in [2.45, 2.75) is 0 Å². The van der Waals surface area contributed by atoms with Crippen molar-refractivity contribution in [1.29, 1.82) is 0 Å². The van der Waals surface area contributed by atoms with Gasteiger partial charge in [0.1, 0.15) is 5.82 Å². The lowest BCUT2D eigenvalue weighted by molar-refractivity contribution is 0.630. The number of nitrogens with zero attached hydrogens (tertiary/aromatic N) is 5. The molecule has 5 nitrogen and oxygen atoms in total. The van der Waals surface area contributed by atoms with Gasteiger partial charge in [-0.3, -0.25) is 0 Å². The Balaban J connectivity index is 1.14. The third-order valence-corrected chi connectivity index (χ3v) is 10.8. The molecule has 11 rings (SSSR count). The van der Waals surface area contributed by atoms with Gasteiger partial charge in [0.05, 0.1) is 22.1 Å². The van der Waals surface area contributed by atoms with Crippen molar-refractivity contribution >= 4 is 43.6 Å². The van der Waals surface area contributed by atoms with Gasteiger partial charge in [-0.05, 0) is 54.1 Å². The van der Waals surface area contributed by atoms with Crippen LogP contribution in [-0.4, -0.2) is 24.1 Å². The number of hydrogen-bond donors (Lipinski definition) is 0. The minimum absolute atomic E-state index is 0.264. The maximum Gasteiger partial charge on any atom is 0.164 e. The Morgan fingerprint density at radius 3 is 1.53 bits per heavy atom. The highest BCUT2D eigenvalue weighted by Gasteiger charge is 2.22. The fourth-order valence-corrected chi connectivity index (χ4v) is 8.27. The summed E-state index contributed by atoms with van der Waals surface area (Å²) in [6.07, 6.45) is 0. The van der Waals surface area contributed by atoms with E-state index in [1.165, 1.54) is 0 Å². The molecule has 0 bridgehead atoms. The molecule has 0 spiro atoms. The van der Waals surface area contributed by atoms with E-state index in [1.54, 1.807) is 6.07 Å². The van der Waals surface area contributed by atoms with E-state index in [0.717, 1.165) is 77.2 Å². The quantitative estimate of drug-likeness (QED) is 0.171. The highest BCUT2D eigenvalue weighted by molar-refractivity contribution is 6.26. The molecule has 268 valence electrons. The average Bonchev–Trinajstić information content (AvgIpc) is 3.80. The topological polar surface area (TPSA) is 48.5 Å². The van der Waals surface area contributed by atoms with E-state index in [1.807, 2.05) is 109 Å². The molecule has 0 fully saturated rings. The Kier molecular flexibility index (Phi) is 7.60. The molecule has 0 saturated carbocycles. The van der Waals surface area contributed by atoms with Gasteiger partial charge < -0.3 is 9.13 Å². The molecule has 0 aliphatic heterocycles. The van der Waals surface area contributed by atoms with Crippen molar-refractivity contribution in [3.8, 4) is 56.7 Å². The third-order valence-electron chi connectivity index (χ3n) is 10.8. The summed E-state index contributed by atoms with van der Waals surface area (Å²) in [4.78, 5) is 15.0. The summed E-state index contributed by atoms with van der Waals surface area (Å²) in [6.45, 7) is 0. The van der Waals surface area contributed by atoms with Crippen molar-refractivity contribution in [3.05, 3.63) is 200 Å². The minimum Gasteiger partial charge on any atom is -0.309 e. The van der Waals surface area contributed by atoms with E-state index in [-0.39, 0.29) is 5.82 Å². The molecule has 0 aliphatic carbocycles. The smallest absolute Gasteiger partial charge is 0.164 e. The van der Waals surface area contributed by atoms with Crippen molar-refractivity contribution in [1.82, 2.24) is 24.1 Å². The lowest BCUT2D eigenvalue weighted by Gasteiger charge is -2.12. The number of fused-ring (bicyclic) bond motifs is 7. The van der Waals surface area contributed by atoms with Crippen LogP contribution in [0.15, 0.2) is 194 Å². The Morgan fingerprint density at radius 1 is 0.351 bits per heavy atom. The van der Waals surface area contributed by atoms with E-state index in [9.17, 15) is 0 Å². The van der Waals surface area contributed by atoms with Gasteiger partial charge in [0.2, 0.25) is 0 Å². The Morgan fingerprint density at radius 2 is 0.877 bits per heavy atom. The normalized spacial score (nSPS) is 11.6. The zero-order valence-corrected chi connectivity index (χ0v) is 30.6. The van der Waals surface area contributed by atoms with Crippen LogP contribution in [0.2, 0.25) is 0 Å². The largest absolute Gasteiger partial charge is 0.309 e. The van der Waals surface area contributed by atoms with Gasteiger partial charge in [-0.2, -0.15) is 0 Å². The maximum atomic E-state index is 16.1. The first kappa shape index (κ1) is 32.7. The van der Waals surface area contributed by atoms with Gasteiger partial charge in [0.15, 0.2) is 17.5 Å². The van der Waals surface area contributed by atoms with Gasteiger partial charge in [0, 0.05) is 55.2 Å². The van der Waals surface area contributed by atoms with Crippen LogP contribution < -0.4 is 0 Å². The molecule has 0 radical (unpaired) electrons. The predicted molar refractivity (Wildman–Crippen MR) is 230 cm³/mol. The SMILES string of the molecule is Fc1cc(-n2c3ccccc3c3ccc4c(c5ccccc5n4-c4cccc(-c5nc(-c6ccccc6)nc(-c6ccccc6)n5)c4)c32)ccc1-c1ccccc1. The molecule has 0 saturated heterocycles. The molecule has 0 aliphatic rings. The van der Waals surface area contributed by atoms with E-state index in [4.69, 9.17) is 15.0 Å². The molecule has 0 atom stereocenters. The van der Waals surface area contributed by atoms with Gasteiger partial charge in [-0.15, -0.1) is 0 Å². The molecule has 11 aromatic rings. The molecule has 3 heterocycles. The average molecular weight is 734 g/mol. The van der Waals surface area contributed by atoms with Gasteiger partial charge >= 0.3 is 0 Å². The fraction of sp³-hybridized carbons (Fsp3) is 0. The highest BCUT2D eigenvalue weighted by Crippen LogP contribution is 2.42. The number of aromatic nitrogens is 5. The summed E-state index contributed by atoms with van der Waals surface area (Å²) in [7, 11) is 0. The Bertz CT molecular complexity index is 3240. The van der Waals surface area contributed by atoms with Crippen LogP contribution >= 0.6 is 0 Å². The summed E-state index contributed by atoms with van der Waals surface area (Å²) in [5.74, 6) is 1.56. The monoisotopic (exact) mass is 733 g/mol. The summed E-state index contributed by atoms with van der Waals surface area (Å²) < 4.78 is 20.6. The lowest BCUT2D eigenvalue weighted by atomic mass is 10.0. The summed E-state index contributed by atoms with van der Waals surface area (Å²) in [6, 6.07) is 65.1. The number of halogens is 1. The maximum absolute atomic E-state index is 16.1. The zero-order chi connectivity index (χ0) is 37.9. The lowest BCUT2D eigenvalue weighted by Crippen LogP contribution is -2.01. The molecule has 0 unspecified atom stereocenters. The van der Waals surface area contributed by atoms with Crippen LogP contribution in [0.4, 0.5) is 4.39 Å². The summed E-state index contributed by atoms with van der Waals surface area (Å²) >= 11 is 0. The van der Waals surface area contributed by atoms with Crippen molar-refractivity contribution in [2.24, 2.45) is 0 Å². The zero-order valence-electron chi connectivity index (χ0n) is 30.6. The third kappa shape index (κ3) is 5.41. The van der Waals surface area contributed by atoms with E-state index in [0.29, 0.717) is 23.0 Å². The Labute approximate surface area is 327 Å². The molecular formula is C51H32FN5. The van der Waals surface area contributed by atoms with E-state index in [2.05, 4.69) is 88.0 Å². The molecule has 57 heavy (non-hydrogen) atoms. The van der Waals surface area contributed by atoms with Gasteiger partial charge in [-0.1, -0.05) is 146 Å². The van der Waals surface area contributed by atoms with Crippen LogP contribution in [0.25, 0.3) is 100 Å². The Hall–Kier alpha value is -7.70. The highest BCUT2D eigenvalue weighted by atomic mass is 19.1. The summed E-state index contributed by atoms with van der Waals surface area (Å²) in [5.41, 5.74) is 10.0. The van der Waals surface area contributed by atoms with Crippen LogP contribution in [0.3, 0.4) is 0 Å². The number of rotatable bonds is 6. The first-order valence-electron chi connectivity index (χ1n) is 19.0. The second-order valence-electron chi connectivity index (χ2n) is 14.2. The van der Waals surface area contributed by atoms with Gasteiger partial charge in [0.25, 0.3) is 0 Å². The van der Waals surface area contributed by atoms with E-state index >= 15 is 4.39 Å². The number of para-hydroxylation sites is 2. The first-order valence-corrected chi connectivity index (χ1v) is 19.0. The molecule has 8 aromatic carbocycles. The molecule has 6 heteroatoms. The molecule has 3 aromatic heterocycles. The van der Waals surface area contributed by atoms with Crippen molar-refractivity contribution in [3.63, 3.8) is 0 Å². The number of hydrogen-bond acceptors (Lipinski definition) is 3. The predicted octanol–water partition coefficient (Wildman–Crippen LogP) is 12.9. The van der Waals surface area contributed by atoms with Gasteiger partial charge in [-0.25, -0.2) is 19.3 Å². The van der Waals surface area contributed by atoms with Crippen molar-refractivity contribution in [2.75, 3.05) is 0 Å². The number of benzene rings is 8. The standard InChI is InChI=1S/C51H32FN5/c52-43-32-38(27-28-39(43)33-15-4-1-5-16-33)57-44-25-12-10-23-40(44)41-29-30-46-47(48(41)57)42-24-11-13-26-45(42)56(46)37-22-14-21-36(31-37)51-54-49(34-17-6-2-7-18-34)53-50(55-51)35-19-8-3-9-20-35/h1-32H. The minimum atomic E-state index is -0.264. The summed E-state index contributed by atoms with van der Waals surface area (Å²) in [5, 5.41) is 4.41. The fourth-order valence-electron chi connectivity index (χ4n) is 8.27. The molecule has 0 N–H and O–H groups in total. The van der Waals surface area contributed by atoms with E-state index < -0.39 is 0 Å². The first-order chi connectivity index (χ1) is 28.2. The van der Waals surface area contributed by atoms with Crippen LogP contribution in [0, 0.1) is 5.82 Å². The molecular weight excluding hydrogens is 702 g/mol. The second kappa shape index (κ2) is 13.3. The van der Waals surface area contributed by atoms with Crippen molar-refractivity contribution < 1.29 is 4.39 Å². The van der Waals surface area contributed by atoms with Crippen LogP contribution in [-0.2, 0) is 0 Å². The van der Waals surface area contributed by atoms with Crippen LogP contribution in [0.1, 0.15) is 0 Å².